The topological polar surface area (TPSA) is 46.9 Å². The van der Waals surface area contributed by atoms with Crippen molar-refractivity contribution in [1.29, 1.82) is 0 Å². The lowest BCUT2D eigenvalue weighted by atomic mass is 9.86. The van der Waals surface area contributed by atoms with E-state index in [0.29, 0.717) is 17.9 Å². The number of rotatable bonds is 2. The number of nitrogens with zero attached hydrogens (tertiary/aromatic N) is 2. The Labute approximate surface area is 155 Å². The van der Waals surface area contributed by atoms with E-state index in [4.69, 9.17) is 0 Å². The maximum atomic E-state index is 13.2. The van der Waals surface area contributed by atoms with Crippen LogP contribution in [-0.4, -0.2) is 15.7 Å². The molecule has 3 aromatic carbocycles. The molecule has 0 spiro atoms. The van der Waals surface area contributed by atoms with Gasteiger partial charge in [-0.2, -0.15) is 5.10 Å². The molecule has 1 aromatic heterocycles. The Morgan fingerprint density at radius 3 is 2.59 bits per heavy atom. The molecule has 1 atom stereocenters. The Balaban J connectivity index is 1.62. The molecule has 4 aromatic rings. The number of aromatic nitrogens is 2. The van der Waals surface area contributed by atoms with Crippen LogP contribution in [0.3, 0.4) is 0 Å². The van der Waals surface area contributed by atoms with E-state index in [1.807, 2.05) is 12.1 Å². The summed E-state index contributed by atoms with van der Waals surface area (Å²) in [5, 5.41) is 9.69. The second-order valence-electron chi connectivity index (χ2n) is 6.75. The summed E-state index contributed by atoms with van der Waals surface area (Å²) < 4.78 is 14.9. The van der Waals surface area contributed by atoms with Crippen molar-refractivity contribution in [2.45, 2.75) is 12.3 Å². The number of carbonyl (C=O) groups excluding carboxylic acids is 1. The summed E-state index contributed by atoms with van der Waals surface area (Å²) in [5.74, 6) is 0.228. The van der Waals surface area contributed by atoms with Gasteiger partial charge in [-0.05, 0) is 40.6 Å². The van der Waals surface area contributed by atoms with Gasteiger partial charge in [0.05, 0.1) is 11.9 Å². The molecule has 0 aliphatic carbocycles. The van der Waals surface area contributed by atoms with Crippen molar-refractivity contribution in [2.75, 3.05) is 5.32 Å². The molecule has 27 heavy (non-hydrogen) atoms. The minimum atomic E-state index is -0.308. The maximum absolute atomic E-state index is 13.2. The summed E-state index contributed by atoms with van der Waals surface area (Å²) in [6.07, 6.45) is 2.17. The van der Waals surface area contributed by atoms with E-state index in [0.717, 1.165) is 16.5 Å². The fraction of sp³-hybridized carbons (Fsp3) is 0.0909. The van der Waals surface area contributed by atoms with Gasteiger partial charge in [-0.1, -0.05) is 42.5 Å². The molecular formula is C22H16FN3O. The average Bonchev–Trinajstić information content (AvgIpc) is 3.11. The molecule has 0 radical (unpaired) electrons. The number of amides is 1. The summed E-state index contributed by atoms with van der Waals surface area (Å²) in [5.41, 5.74) is 2.76. The zero-order valence-corrected chi connectivity index (χ0v) is 14.4. The Morgan fingerprint density at radius 1 is 1.00 bits per heavy atom. The van der Waals surface area contributed by atoms with Crippen LogP contribution in [0.4, 0.5) is 10.2 Å². The first kappa shape index (κ1) is 15.8. The molecule has 1 aliphatic heterocycles. The van der Waals surface area contributed by atoms with E-state index < -0.39 is 0 Å². The third-order valence-corrected chi connectivity index (χ3v) is 5.07. The molecule has 2 heterocycles. The van der Waals surface area contributed by atoms with Crippen LogP contribution in [0.15, 0.2) is 72.9 Å². The van der Waals surface area contributed by atoms with Gasteiger partial charge in [0.1, 0.15) is 11.6 Å². The number of anilines is 1. The largest absolute Gasteiger partial charge is 0.310 e. The van der Waals surface area contributed by atoms with Crippen molar-refractivity contribution in [3.63, 3.8) is 0 Å². The zero-order chi connectivity index (χ0) is 18.4. The van der Waals surface area contributed by atoms with E-state index in [-0.39, 0.29) is 17.6 Å². The molecule has 132 valence electrons. The molecule has 5 rings (SSSR count). The number of hydrogen-bond acceptors (Lipinski definition) is 2. The van der Waals surface area contributed by atoms with Crippen LogP contribution in [0.1, 0.15) is 23.5 Å². The number of nitrogens with one attached hydrogen (secondary N) is 1. The van der Waals surface area contributed by atoms with Crippen LogP contribution in [0.2, 0.25) is 0 Å². The predicted octanol–water partition coefficient (Wildman–Crippen LogP) is 4.64. The first-order chi connectivity index (χ1) is 13.2. The van der Waals surface area contributed by atoms with Crippen LogP contribution < -0.4 is 5.32 Å². The fourth-order valence-electron chi connectivity index (χ4n) is 3.72. The third-order valence-electron chi connectivity index (χ3n) is 5.07. The highest BCUT2D eigenvalue weighted by Gasteiger charge is 2.30. The van der Waals surface area contributed by atoms with Crippen LogP contribution >= 0.6 is 0 Å². The summed E-state index contributed by atoms with van der Waals surface area (Å²) in [6.45, 7) is 0. The van der Waals surface area contributed by atoms with E-state index in [9.17, 15) is 9.18 Å². The molecule has 0 bridgehead atoms. The van der Waals surface area contributed by atoms with Crippen molar-refractivity contribution in [3.05, 3.63) is 89.9 Å². The Kier molecular flexibility index (Phi) is 3.53. The van der Waals surface area contributed by atoms with Crippen molar-refractivity contribution in [2.24, 2.45) is 0 Å². The summed E-state index contributed by atoms with van der Waals surface area (Å²) in [7, 11) is 0. The van der Waals surface area contributed by atoms with E-state index >= 15 is 0 Å². The van der Waals surface area contributed by atoms with Gasteiger partial charge in [-0.15, -0.1) is 0 Å². The van der Waals surface area contributed by atoms with Crippen LogP contribution in [-0.2, 0) is 4.79 Å². The van der Waals surface area contributed by atoms with E-state index in [1.54, 1.807) is 23.0 Å². The fourth-order valence-corrected chi connectivity index (χ4v) is 3.72. The summed E-state index contributed by atoms with van der Waals surface area (Å²) in [4.78, 5) is 12.4. The van der Waals surface area contributed by atoms with Gasteiger partial charge in [-0.25, -0.2) is 9.07 Å². The Morgan fingerprint density at radius 2 is 1.78 bits per heavy atom. The Bertz CT molecular complexity index is 1160. The van der Waals surface area contributed by atoms with Gasteiger partial charge in [0.15, 0.2) is 0 Å². The van der Waals surface area contributed by atoms with Gasteiger partial charge >= 0.3 is 0 Å². The second kappa shape index (κ2) is 6.06. The second-order valence-corrected chi connectivity index (χ2v) is 6.75. The first-order valence-corrected chi connectivity index (χ1v) is 8.81. The van der Waals surface area contributed by atoms with Crippen molar-refractivity contribution < 1.29 is 9.18 Å². The minimum Gasteiger partial charge on any atom is -0.310 e. The van der Waals surface area contributed by atoms with Gasteiger partial charge in [0.2, 0.25) is 5.91 Å². The molecule has 0 fully saturated rings. The number of hydrogen-bond donors (Lipinski definition) is 1. The third kappa shape index (κ3) is 2.68. The number of halogens is 1. The SMILES string of the molecule is O=C1CC(c2ccc3ccccc3c2)c2cnn(-c3ccc(F)cc3)c2N1. The van der Waals surface area contributed by atoms with Gasteiger partial charge in [0.25, 0.3) is 0 Å². The molecule has 0 saturated heterocycles. The maximum Gasteiger partial charge on any atom is 0.226 e. The van der Waals surface area contributed by atoms with Crippen molar-refractivity contribution in [3.8, 4) is 5.69 Å². The molecule has 0 saturated carbocycles. The number of fused-ring (bicyclic) bond motifs is 2. The van der Waals surface area contributed by atoms with Crippen LogP contribution in [0.25, 0.3) is 16.5 Å². The Hall–Kier alpha value is -3.47. The molecule has 1 aliphatic rings. The highest BCUT2D eigenvalue weighted by Crippen LogP contribution is 2.38. The highest BCUT2D eigenvalue weighted by molar-refractivity contribution is 5.95. The predicted molar refractivity (Wildman–Crippen MR) is 103 cm³/mol. The van der Waals surface area contributed by atoms with Crippen LogP contribution in [0.5, 0.6) is 0 Å². The van der Waals surface area contributed by atoms with E-state index in [2.05, 4.69) is 40.7 Å². The molecule has 1 amide bonds. The average molecular weight is 357 g/mol. The zero-order valence-electron chi connectivity index (χ0n) is 14.4. The molecular weight excluding hydrogens is 341 g/mol. The normalized spacial score (nSPS) is 16.2. The van der Waals surface area contributed by atoms with Crippen molar-refractivity contribution in [1.82, 2.24) is 9.78 Å². The standard InChI is InChI=1S/C22H16FN3O/c23-17-7-9-18(10-8-17)26-22-20(13-24-26)19(12-21(27)25-22)16-6-5-14-3-1-2-4-15(14)11-16/h1-11,13,19H,12H2,(H,25,27). The number of benzene rings is 3. The van der Waals surface area contributed by atoms with Gasteiger partial charge < -0.3 is 5.32 Å². The van der Waals surface area contributed by atoms with E-state index in [1.165, 1.54) is 17.5 Å². The highest BCUT2D eigenvalue weighted by atomic mass is 19.1. The molecule has 1 N–H and O–H groups in total. The lowest BCUT2D eigenvalue weighted by molar-refractivity contribution is -0.116. The lowest BCUT2D eigenvalue weighted by Gasteiger charge is -2.24. The first-order valence-electron chi connectivity index (χ1n) is 8.81. The van der Waals surface area contributed by atoms with Crippen molar-refractivity contribution >= 4 is 22.5 Å². The molecule has 1 unspecified atom stereocenters. The summed E-state index contributed by atoms with van der Waals surface area (Å²) in [6, 6.07) is 20.5. The lowest BCUT2D eigenvalue weighted by Crippen LogP contribution is -2.24. The molecule has 4 nitrogen and oxygen atoms in total. The molecule has 5 heteroatoms. The summed E-state index contributed by atoms with van der Waals surface area (Å²) >= 11 is 0. The smallest absolute Gasteiger partial charge is 0.226 e. The quantitative estimate of drug-likeness (QED) is 0.568. The minimum absolute atomic E-state index is 0.0514. The number of carbonyl (C=O) groups is 1. The van der Waals surface area contributed by atoms with Crippen LogP contribution in [0, 0.1) is 5.82 Å². The monoisotopic (exact) mass is 357 g/mol. The van der Waals surface area contributed by atoms with Gasteiger partial charge in [0, 0.05) is 17.9 Å². The van der Waals surface area contributed by atoms with Gasteiger partial charge in [-0.3, -0.25) is 4.79 Å².